The first kappa shape index (κ1) is 24.6. The summed E-state index contributed by atoms with van der Waals surface area (Å²) in [5.74, 6) is 1.54. The van der Waals surface area contributed by atoms with E-state index in [2.05, 4.69) is 25.9 Å². The number of benzene rings is 2. The molecule has 2 aromatic carbocycles. The standard InChI is InChI=1S/C24H29ClN5O2P/c1-5-26-11-8-12-32-19-14-17(2)13-18(15-19)28-24-27-16-20(25)23(30-24)29-21-9-6-7-10-22(21)33(3,4)31/h6-11,13-16,26H,5,12H2,1-4H3,(H2,27,28,29,30)/b11-8+. The van der Waals surface area contributed by atoms with Crippen molar-refractivity contribution in [2.45, 2.75) is 13.8 Å². The highest BCUT2D eigenvalue weighted by Gasteiger charge is 2.17. The second kappa shape index (κ2) is 11.2. The van der Waals surface area contributed by atoms with Gasteiger partial charge in [-0.25, -0.2) is 4.98 Å². The van der Waals surface area contributed by atoms with E-state index in [1.165, 1.54) is 6.20 Å². The number of ether oxygens (including phenoxy) is 1. The van der Waals surface area contributed by atoms with E-state index in [0.29, 0.717) is 29.1 Å². The summed E-state index contributed by atoms with van der Waals surface area (Å²) >= 11 is 6.34. The molecule has 0 aliphatic carbocycles. The maximum Gasteiger partial charge on any atom is 0.229 e. The molecule has 174 valence electrons. The number of para-hydroxylation sites is 1. The lowest BCUT2D eigenvalue weighted by Crippen LogP contribution is -2.11. The summed E-state index contributed by atoms with van der Waals surface area (Å²) in [6.45, 7) is 8.82. The molecular weight excluding hydrogens is 457 g/mol. The third-order valence-corrected chi connectivity index (χ3v) is 6.40. The Morgan fingerprint density at radius 3 is 2.70 bits per heavy atom. The van der Waals surface area contributed by atoms with Crippen LogP contribution in [0.1, 0.15) is 12.5 Å². The van der Waals surface area contributed by atoms with Gasteiger partial charge in [-0.15, -0.1) is 0 Å². The highest BCUT2D eigenvalue weighted by atomic mass is 35.5. The van der Waals surface area contributed by atoms with E-state index < -0.39 is 7.14 Å². The molecule has 0 aliphatic heterocycles. The number of halogens is 1. The Kier molecular flexibility index (Phi) is 8.37. The molecule has 0 amide bonds. The van der Waals surface area contributed by atoms with Crippen LogP contribution in [-0.2, 0) is 4.57 Å². The summed E-state index contributed by atoms with van der Waals surface area (Å²) in [7, 11) is -2.49. The minimum Gasteiger partial charge on any atom is -0.489 e. The third kappa shape index (κ3) is 7.24. The molecule has 9 heteroatoms. The summed E-state index contributed by atoms with van der Waals surface area (Å²) in [6.07, 6.45) is 5.32. The van der Waals surface area contributed by atoms with Crippen LogP contribution in [0.4, 0.5) is 23.1 Å². The van der Waals surface area contributed by atoms with Gasteiger partial charge in [-0.2, -0.15) is 4.98 Å². The van der Waals surface area contributed by atoms with E-state index in [-0.39, 0.29) is 0 Å². The van der Waals surface area contributed by atoms with E-state index in [4.69, 9.17) is 16.3 Å². The Hall–Kier alpha value is -3.02. The van der Waals surface area contributed by atoms with Gasteiger partial charge in [-0.05, 0) is 69.3 Å². The lowest BCUT2D eigenvalue weighted by atomic mass is 10.2. The van der Waals surface area contributed by atoms with Crippen molar-refractivity contribution < 1.29 is 9.30 Å². The summed E-state index contributed by atoms with van der Waals surface area (Å²) < 4.78 is 18.5. The number of nitrogens with one attached hydrogen (secondary N) is 3. The molecule has 0 aliphatic rings. The Labute approximate surface area is 200 Å². The zero-order valence-electron chi connectivity index (χ0n) is 19.2. The fraction of sp³-hybridized carbons (Fsp3) is 0.250. The first-order chi connectivity index (χ1) is 15.8. The van der Waals surface area contributed by atoms with Gasteiger partial charge in [0, 0.05) is 23.6 Å². The molecule has 3 aromatic rings. The molecule has 3 rings (SSSR count). The zero-order valence-corrected chi connectivity index (χ0v) is 20.9. The number of nitrogens with zero attached hydrogens (tertiary/aromatic N) is 2. The van der Waals surface area contributed by atoms with Crippen LogP contribution in [0.15, 0.2) is 60.9 Å². The van der Waals surface area contributed by atoms with Crippen LogP contribution in [0.3, 0.4) is 0 Å². The highest BCUT2D eigenvalue weighted by molar-refractivity contribution is 7.70. The Balaban J connectivity index is 1.79. The van der Waals surface area contributed by atoms with Crippen LogP contribution in [-0.4, -0.2) is 36.4 Å². The molecule has 0 spiro atoms. The molecule has 0 atom stereocenters. The summed E-state index contributed by atoms with van der Waals surface area (Å²) in [5, 5.41) is 10.6. The molecule has 0 bridgehead atoms. The zero-order chi connectivity index (χ0) is 23.8. The Morgan fingerprint density at radius 2 is 1.94 bits per heavy atom. The largest absolute Gasteiger partial charge is 0.489 e. The molecule has 1 aromatic heterocycles. The van der Waals surface area contributed by atoms with Gasteiger partial charge in [0.2, 0.25) is 5.95 Å². The molecule has 3 N–H and O–H groups in total. The molecule has 7 nitrogen and oxygen atoms in total. The summed E-state index contributed by atoms with van der Waals surface area (Å²) in [6, 6.07) is 13.3. The van der Waals surface area contributed by atoms with Crippen LogP contribution in [0, 0.1) is 6.92 Å². The Bertz CT molecular complexity index is 1180. The van der Waals surface area contributed by atoms with E-state index in [1.54, 1.807) is 13.3 Å². The Morgan fingerprint density at radius 1 is 1.15 bits per heavy atom. The van der Waals surface area contributed by atoms with Gasteiger partial charge >= 0.3 is 0 Å². The van der Waals surface area contributed by atoms with Crippen LogP contribution in [0.25, 0.3) is 0 Å². The SMILES string of the molecule is CCN/C=C/COc1cc(C)cc(Nc2ncc(Cl)c(Nc3ccccc3P(C)(C)=O)n2)c1. The predicted molar refractivity (Wildman–Crippen MR) is 139 cm³/mol. The van der Waals surface area contributed by atoms with Crippen molar-refractivity contribution in [2.75, 3.05) is 37.1 Å². The van der Waals surface area contributed by atoms with Gasteiger partial charge in [-0.1, -0.05) is 23.7 Å². The van der Waals surface area contributed by atoms with Crippen molar-refractivity contribution >= 4 is 47.2 Å². The van der Waals surface area contributed by atoms with Gasteiger partial charge in [0.05, 0.1) is 11.9 Å². The molecule has 1 heterocycles. The maximum atomic E-state index is 12.7. The molecular formula is C24H29ClN5O2P. The van der Waals surface area contributed by atoms with E-state index in [9.17, 15) is 4.57 Å². The number of hydrogen-bond acceptors (Lipinski definition) is 7. The van der Waals surface area contributed by atoms with Gasteiger partial charge < -0.3 is 25.3 Å². The second-order valence-electron chi connectivity index (χ2n) is 7.81. The van der Waals surface area contributed by atoms with Crippen molar-refractivity contribution in [3.05, 3.63) is 71.5 Å². The molecule has 33 heavy (non-hydrogen) atoms. The van der Waals surface area contributed by atoms with Crippen molar-refractivity contribution in [1.82, 2.24) is 15.3 Å². The van der Waals surface area contributed by atoms with Crippen LogP contribution in [0.2, 0.25) is 5.02 Å². The lowest BCUT2D eigenvalue weighted by molar-refractivity contribution is 0.362. The summed E-state index contributed by atoms with van der Waals surface area (Å²) in [4.78, 5) is 8.82. The lowest BCUT2D eigenvalue weighted by Gasteiger charge is -2.16. The van der Waals surface area contributed by atoms with Crippen molar-refractivity contribution in [3.63, 3.8) is 0 Å². The fourth-order valence-electron chi connectivity index (χ4n) is 3.12. The minimum absolute atomic E-state index is 0.359. The number of hydrogen-bond donors (Lipinski definition) is 3. The fourth-order valence-corrected chi connectivity index (χ4v) is 4.41. The molecule has 0 saturated carbocycles. The topological polar surface area (TPSA) is 88.2 Å². The van der Waals surface area contributed by atoms with Crippen molar-refractivity contribution in [3.8, 4) is 5.75 Å². The van der Waals surface area contributed by atoms with Gasteiger partial charge in [0.1, 0.15) is 24.5 Å². The van der Waals surface area contributed by atoms with Gasteiger partial charge in [0.15, 0.2) is 5.82 Å². The first-order valence-corrected chi connectivity index (χ1v) is 13.6. The van der Waals surface area contributed by atoms with E-state index in [1.807, 2.05) is 68.6 Å². The quantitative estimate of drug-likeness (QED) is 0.318. The number of rotatable bonds is 10. The number of aryl methyl sites for hydroxylation is 1. The molecule has 0 saturated heterocycles. The van der Waals surface area contributed by atoms with Crippen molar-refractivity contribution in [1.29, 1.82) is 0 Å². The predicted octanol–water partition coefficient (Wildman–Crippen LogP) is 5.68. The highest BCUT2D eigenvalue weighted by Crippen LogP contribution is 2.38. The first-order valence-electron chi connectivity index (χ1n) is 10.6. The van der Waals surface area contributed by atoms with Crippen LogP contribution in [0.5, 0.6) is 5.75 Å². The average molecular weight is 486 g/mol. The molecule has 0 fully saturated rings. The maximum absolute atomic E-state index is 12.7. The van der Waals surface area contributed by atoms with E-state index in [0.717, 1.165) is 28.8 Å². The minimum atomic E-state index is -2.49. The van der Waals surface area contributed by atoms with Crippen LogP contribution >= 0.6 is 18.7 Å². The normalized spacial score (nSPS) is 11.4. The second-order valence-corrected chi connectivity index (χ2v) is 11.4. The number of aromatic nitrogens is 2. The number of anilines is 4. The third-order valence-electron chi connectivity index (χ3n) is 4.57. The van der Waals surface area contributed by atoms with Crippen molar-refractivity contribution in [2.24, 2.45) is 0 Å². The van der Waals surface area contributed by atoms with E-state index >= 15 is 0 Å². The summed E-state index contributed by atoms with van der Waals surface area (Å²) in [5.41, 5.74) is 2.53. The smallest absolute Gasteiger partial charge is 0.229 e. The molecule has 0 unspecified atom stereocenters. The van der Waals surface area contributed by atoms with Gasteiger partial charge in [-0.3, -0.25) is 0 Å². The van der Waals surface area contributed by atoms with Gasteiger partial charge in [0.25, 0.3) is 0 Å². The molecule has 0 radical (unpaired) electrons. The average Bonchev–Trinajstić information content (AvgIpc) is 2.75. The monoisotopic (exact) mass is 485 g/mol. The van der Waals surface area contributed by atoms with Crippen LogP contribution < -0.4 is 26.0 Å².